The van der Waals surface area contributed by atoms with Crippen LogP contribution in [0.4, 0.5) is 0 Å². The first kappa shape index (κ1) is 16.0. The number of thiophene rings is 1. The summed E-state index contributed by atoms with van der Waals surface area (Å²) in [5.41, 5.74) is 3.91. The van der Waals surface area contributed by atoms with Crippen LogP contribution < -0.4 is 0 Å². The van der Waals surface area contributed by atoms with Gasteiger partial charge in [-0.3, -0.25) is 0 Å². The minimum Gasteiger partial charge on any atom is -0.357 e. The molecule has 3 heteroatoms. The molecule has 6 rings (SSSR count). The van der Waals surface area contributed by atoms with Crippen molar-refractivity contribution in [2.45, 2.75) is 13.1 Å². The van der Waals surface area contributed by atoms with Gasteiger partial charge in [-0.05, 0) is 30.7 Å². The van der Waals surface area contributed by atoms with Crippen LogP contribution >= 0.6 is 11.3 Å². The minimum atomic E-state index is 0.168. The van der Waals surface area contributed by atoms with Crippen LogP contribution in [0.25, 0.3) is 42.0 Å². The fourth-order valence-corrected chi connectivity index (χ4v) is 5.87. The molecule has 3 heterocycles. The minimum absolute atomic E-state index is 0.168. The zero-order valence-corrected chi connectivity index (χ0v) is 16.7. The van der Waals surface area contributed by atoms with Crippen molar-refractivity contribution in [1.82, 2.24) is 9.47 Å². The number of likely N-dealkylation sites (N-methyl/N-ethyl adjacent to an activating group) is 1. The van der Waals surface area contributed by atoms with E-state index in [0.717, 1.165) is 0 Å². The molecule has 1 unspecified atom stereocenters. The largest absolute Gasteiger partial charge is 0.357 e. The lowest BCUT2D eigenvalue weighted by Crippen LogP contribution is -2.25. The van der Waals surface area contributed by atoms with Gasteiger partial charge in [0.2, 0.25) is 0 Å². The Morgan fingerprint density at radius 3 is 2.43 bits per heavy atom. The molecule has 0 spiro atoms. The van der Waals surface area contributed by atoms with E-state index in [1.165, 1.54) is 47.6 Å². The number of aromatic nitrogens is 1. The van der Waals surface area contributed by atoms with Crippen LogP contribution in [0.15, 0.2) is 84.6 Å². The highest BCUT2D eigenvalue weighted by Gasteiger charge is 2.22. The Kier molecular flexibility index (Phi) is 3.27. The van der Waals surface area contributed by atoms with Crippen molar-refractivity contribution in [3.8, 4) is 0 Å². The van der Waals surface area contributed by atoms with E-state index in [2.05, 4.69) is 102 Å². The fourth-order valence-electron chi connectivity index (χ4n) is 4.62. The molecule has 0 fully saturated rings. The van der Waals surface area contributed by atoms with Crippen molar-refractivity contribution in [2.24, 2.45) is 0 Å². The molecular formula is C25H20N2S. The molecule has 1 atom stereocenters. The summed E-state index contributed by atoms with van der Waals surface area (Å²) >= 11 is 1.91. The highest BCUT2D eigenvalue weighted by molar-refractivity contribution is 7.26. The number of para-hydroxylation sites is 1. The van der Waals surface area contributed by atoms with Crippen LogP contribution in [0.5, 0.6) is 0 Å². The molecule has 0 saturated heterocycles. The van der Waals surface area contributed by atoms with Crippen molar-refractivity contribution >= 4 is 53.3 Å². The Morgan fingerprint density at radius 2 is 1.57 bits per heavy atom. The predicted molar refractivity (Wildman–Crippen MR) is 122 cm³/mol. The summed E-state index contributed by atoms with van der Waals surface area (Å²) in [5, 5.41) is 5.36. The van der Waals surface area contributed by atoms with Crippen LogP contribution in [0.2, 0.25) is 0 Å². The van der Waals surface area contributed by atoms with Gasteiger partial charge in [-0.25, -0.2) is 0 Å². The topological polar surface area (TPSA) is 8.17 Å². The molecule has 2 nitrogen and oxygen atoms in total. The van der Waals surface area contributed by atoms with Gasteiger partial charge in [-0.2, -0.15) is 0 Å². The molecular weight excluding hydrogens is 360 g/mol. The summed E-state index contributed by atoms with van der Waals surface area (Å²) in [6.45, 7) is 2.15. The third-order valence-corrected chi connectivity index (χ3v) is 7.03. The van der Waals surface area contributed by atoms with Crippen molar-refractivity contribution in [3.05, 3.63) is 84.6 Å². The number of fused-ring (bicyclic) bond motifs is 7. The monoisotopic (exact) mass is 380 g/mol. The molecule has 1 aliphatic heterocycles. The van der Waals surface area contributed by atoms with Gasteiger partial charge in [0.1, 0.15) is 6.17 Å². The Hall–Kier alpha value is -3.04. The lowest BCUT2D eigenvalue weighted by atomic mass is 10.1. The van der Waals surface area contributed by atoms with Crippen molar-refractivity contribution < 1.29 is 0 Å². The molecule has 5 aromatic rings. The average molecular weight is 381 g/mol. The van der Waals surface area contributed by atoms with Crippen LogP contribution in [-0.2, 0) is 0 Å². The van der Waals surface area contributed by atoms with Crippen molar-refractivity contribution in [3.63, 3.8) is 0 Å². The highest BCUT2D eigenvalue weighted by atomic mass is 32.1. The second-order valence-corrected chi connectivity index (χ2v) is 8.69. The maximum Gasteiger partial charge on any atom is 0.125 e. The van der Waals surface area contributed by atoms with E-state index < -0.39 is 0 Å². The van der Waals surface area contributed by atoms with E-state index in [0.29, 0.717) is 0 Å². The molecule has 3 aromatic carbocycles. The third-order valence-electron chi connectivity index (χ3n) is 5.84. The number of benzene rings is 3. The van der Waals surface area contributed by atoms with Gasteiger partial charge >= 0.3 is 0 Å². The summed E-state index contributed by atoms with van der Waals surface area (Å²) in [7, 11) is 2.17. The maximum absolute atomic E-state index is 2.52. The molecule has 0 bridgehead atoms. The molecule has 1 aliphatic rings. The Bertz CT molecular complexity index is 1450. The first-order valence-electron chi connectivity index (χ1n) is 9.64. The van der Waals surface area contributed by atoms with Gasteiger partial charge in [0.15, 0.2) is 0 Å². The summed E-state index contributed by atoms with van der Waals surface area (Å²) in [4.78, 5) is 2.31. The van der Waals surface area contributed by atoms with Crippen LogP contribution in [-0.4, -0.2) is 16.5 Å². The maximum atomic E-state index is 2.52. The number of rotatable bonds is 1. The van der Waals surface area contributed by atoms with E-state index in [-0.39, 0.29) is 6.17 Å². The first-order valence-corrected chi connectivity index (χ1v) is 10.5. The summed E-state index contributed by atoms with van der Waals surface area (Å²) in [5.74, 6) is 0. The lowest BCUT2D eigenvalue weighted by molar-refractivity contribution is 0.310. The standard InChI is InChI=1S/C25H20N2S/c1-16-11-14-23(26(2)15-16)27-21-9-5-3-7-17(21)19-12-13-20-18-8-4-6-10-22(18)28-25(20)24(19)27/h3-15,23H,1-2H3. The van der Waals surface area contributed by atoms with Gasteiger partial charge in [-0.15, -0.1) is 11.3 Å². The molecule has 0 aliphatic carbocycles. The van der Waals surface area contributed by atoms with Gasteiger partial charge in [0.05, 0.1) is 15.7 Å². The summed E-state index contributed by atoms with van der Waals surface area (Å²) in [6, 6.07) is 22.2. The molecule has 28 heavy (non-hydrogen) atoms. The van der Waals surface area contributed by atoms with E-state index in [9.17, 15) is 0 Å². The van der Waals surface area contributed by atoms with Crippen LogP contribution in [0.3, 0.4) is 0 Å². The SMILES string of the molecule is CC1=CN(C)C(n2c3ccccc3c3ccc4c5ccccc5sc4c32)C=C1. The molecule has 0 amide bonds. The number of allylic oxidation sites excluding steroid dienone is 2. The van der Waals surface area contributed by atoms with E-state index in [1.54, 1.807) is 0 Å². The molecule has 0 radical (unpaired) electrons. The third kappa shape index (κ3) is 2.08. The molecule has 2 aromatic heterocycles. The predicted octanol–water partition coefficient (Wildman–Crippen LogP) is 7.07. The van der Waals surface area contributed by atoms with Crippen LogP contribution in [0, 0.1) is 0 Å². The Labute approximate surface area is 167 Å². The van der Waals surface area contributed by atoms with Crippen molar-refractivity contribution in [2.75, 3.05) is 7.05 Å². The Morgan fingerprint density at radius 1 is 0.821 bits per heavy atom. The van der Waals surface area contributed by atoms with Gasteiger partial charge in [0, 0.05) is 39.5 Å². The fraction of sp³-hybridized carbons (Fsp3) is 0.120. The van der Waals surface area contributed by atoms with E-state index in [4.69, 9.17) is 0 Å². The van der Waals surface area contributed by atoms with E-state index in [1.807, 2.05) is 11.3 Å². The van der Waals surface area contributed by atoms with Gasteiger partial charge in [0.25, 0.3) is 0 Å². The van der Waals surface area contributed by atoms with Gasteiger partial charge in [-0.1, -0.05) is 54.6 Å². The molecule has 0 saturated carbocycles. The van der Waals surface area contributed by atoms with Gasteiger partial charge < -0.3 is 9.47 Å². The van der Waals surface area contributed by atoms with E-state index >= 15 is 0 Å². The zero-order valence-electron chi connectivity index (χ0n) is 15.9. The summed E-state index contributed by atoms with van der Waals surface area (Å²) < 4.78 is 5.25. The first-order chi connectivity index (χ1) is 13.7. The number of hydrogen-bond donors (Lipinski definition) is 0. The summed E-state index contributed by atoms with van der Waals surface area (Å²) in [6.07, 6.45) is 6.95. The zero-order chi connectivity index (χ0) is 18.8. The number of hydrogen-bond acceptors (Lipinski definition) is 2. The quantitative estimate of drug-likeness (QED) is 0.302. The normalized spacial score (nSPS) is 17.3. The second-order valence-electron chi connectivity index (χ2n) is 7.64. The lowest BCUT2D eigenvalue weighted by Gasteiger charge is -2.30. The Balaban J connectivity index is 1.81. The van der Waals surface area contributed by atoms with Crippen molar-refractivity contribution in [1.29, 1.82) is 0 Å². The molecule has 136 valence electrons. The van der Waals surface area contributed by atoms with Crippen LogP contribution in [0.1, 0.15) is 13.1 Å². The average Bonchev–Trinajstić information content (AvgIpc) is 3.24. The molecule has 0 N–H and O–H groups in total. The highest BCUT2D eigenvalue weighted by Crippen LogP contribution is 2.43. The number of nitrogens with zero attached hydrogens (tertiary/aromatic N) is 2. The smallest absolute Gasteiger partial charge is 0.125 e. The second kappa shape index (κ2) is 5.73.